The van der Waals surface area contributed by atoms with Gasteiger partial charge in [-0.2, -0.15) is 0 Å². The van der Waals surface area contributed by atoms with E-state index in [1.807, 2.05) is 25.1 Å². The zero-order chi connectivity index (χ0) is 12.1. The number of hydrogen-bond donors (Lipinski definition) is 0. The van der Waals surface area contributed by atoms with Crippen LogP contribution in [0.15, 0.2) is 30.4 Å². The van der Waals surface area contributed by atoms with E-state index in [1.165, 1.54) is 5.56 Å². The second-order valence-electron chi connectivity index (χ2n) is 4.10. The summed E-state index contributed by atoms with van der Waals surface area (Å²) in [4.78, 5) is 2.19. The molecule has 0 N–H and O–H groups in total. The molecular formula is C13H18ClNO. The third-order valence-corrected chi connectivity index (χ3v) is 2.50. The van der Waals surface area contributed by atoms with Crippen LogP contribution in [0.4, 0.5) is 0 Å². The first-order chi connectivity index (χ1) is 7.52. The highest BCUT2D eigenvalue weighted by atomic mass is 35.5. The maximum atomic E-state index is 6.06. The highest BCUT2D eigenvalue weighted by Gasteiger charge is 2.04. The van der Waals surface area contributed by atoms with Crippen LogP contribution in [0.3, 0.4) is 0 Å². The Morgan fingerprint density at radius 3 is 2.69 bits per heavy atom. The fourth-order valence-corrected chi connectivity index (χ4v) is 1.92. The molecule has 1 aromatic carbocycles. The van der Waals surface area contributed by atoms with Gasteiger partial charge in [-0.3, -0.25) is 4.90 Å². The zero-order valence-electron chi connectivity index (χ0n) is 10.1. The molecular weight excluding hydrogens is 222 g/mol. The molecule has 0 aliphatic carbocycles. The summed E-state index contributed by atoms with van der Waals surface area (Å²) in [5.74, 6) is 0.716. The Balaban J connectivity index is 2.67. The number of rotatable bonds is 5. The van der Waals surface area contributed by atoms with Crippen molar-refractivity contribution in [3.8, 4) is 5.75 Å². The molecule has 0 bridgehead atoms. The predicted molar refractivity (Wildman–Crippen MR) is 69.2 cm³/mol. The Kier molecular flexibility index (Phi) is 4.84. The van der Waals surface area contributed by atoms with E-state index in [1.54, 1.807) is 7.11 Å². The fraction of sp³-hybridized carbons (Fsp3) is 0.385. The van der Waals surface area contributed by atoms with Gasteiger partial charge in [0.15, 0.2) is 0 Å². The number of halogens is 1. The second-order valence-corrected chi connectivity index (χ2v) is 4.51. The van der Waals surface area contributed by atoms with Gasteiger partial charge in [0.05, 0.1) is 12.1 Å². The van der Waals surface area contributed by atoms with Crippen LogP contribution in [0.25, 0.3) is 0 Å². The summed E-state index contributed by atoms with van der Waals surface area (Å²) in [6.45, 7) is 7.67. The van der Waals surface area contributed by atoms with Crippen LogP contribution in [0, 0.1) is 0 Å². The first-order valence-electron chi connectivity index (χ1n) is 5.18. The number of ether oxygens (including phenoxy) is 1. The van der Waals surface area contributed by atoms with Crippen molar-refractivity contribution in [1.29, 1.82) is 0 Å². The lowest BCUT2D eigenvalue weighted by molar-refractivity contribution is 0.355. The lowest BCUT2D eigenvalue weighted by atomic mass is 10.2. The minimum Gasteiger partial charge on any atom is -0.495 e. The van der Waals surface area contributed by atoms with Crippen molar-refractivity contribution in [2.45, 2.75) is 13.5 Å². The molecule has 0 radical (unpaired) electrons. The Morgan fingerprint density at radius 2 is 2.19 bits per heavy atom. The van der Waals surface area contributed by atoms with Crippen molar-refractivity contribution in [3.63, 3.8) is 0 Å². The Morgan fingerprint density at radius 1 is 1.50 bits per heavy atom. The average molecular weight is 240 g/mol. The Bertz CT molecular complexity index is 376. The molecule has 0 saturated carbocycles. The second kappa shape index (κ2) is 5.92. The molecule has 3 heteroatoms. The molecule has 0 aromatic heterocycles. The molecule has 0 aliphatic rings. The highest BCUT2D eigenvalue weighted by molar-refractivity contribution is 6.32. The van der Waals surface area contributed by atoms with E-state index in [-0.39, 0.29) is 0 Å². The molecule has 1 rings (SSSR count). The minimum atomic E-state index is 0.656. The van der Waals surface area contributed by atoms with E-state index in [4.69, 9.17) is 16.3 Å². The van der Waals surface area contributed by atoms with Gasteiger partial charge >= 0.3 is 0 Å². The lowest BCUT2D eigenvalue weighted by Crippen LogP contribution is -2.19. The number of nitrogens with zero attached hydrogens (tertiary/aromatic N) is 1. The first-order valence-corrected chi connectivity index (χ1v) is 5.56. The van der Waals surface area contributed by atoms with Gasteiger partial charge in [0.2, 0.25) is 0 Å². The molecule has 0 atom stereocenters. The summed E-state index contributed by atoms with van der Waals surface area (Å²) in [5.41, 5.74) is 2.33. The maximum Gasteiger partial charge on any atom is 0.137 e. The highest BCUT2D eigenvalue weighted by Crippen LogP contribution is 2.25. The molecule has 0 spiro atoms. The molecule has 0 aliphatic heterocycles. The SMILES string of the molecule is C=C(C)CN(C)Cc1ccc(OC)c(Cl)c1. The van der Waals surface area contributed by atoms with Crippen molar-refractivity contribution < 1.29 is 4.74 Å². The molecule has 0 heterocycles. The van der Waals surface area contributed by atoms with Crippen molar-refractivity contribution >= 4 is 11.6 Å². The summed E-state index contributed by atoms with van der Waals surface area (Å²) >= 11 is 6.06. The molecule has 1 aromatic rings. The zero-order valence-corrected chi connectivity index (χ0v) is 10.8. The fourth-order valence-electron chi connectivity index (χ4n) is 1.64. The van der Waals surface area contributed by atoms with E-state index in [0.717, 1.165) is 18.7 Å². The predicted octanol–water partition coefficient (Wildman–Crippen LogP) is 3.36. The van der Waals surface area contributed by atoms with Crippen LogP contribution in [0.1, 0.15) is 12.5 Å². The van der Waals surface area contributed by atoms with Gasteiger partial charge in [-0.1, -0.05) is 29.8 Å². The van der Waals surface area contributed by atoms with Crippen molar-refractivity contribution in [1.82, 2.24) is 4.90 Å². The van der Waals surface area contributed by atoms with E-state index in [2.05, 4.69) is 18.5 Å². The van der Waals surface area contributed by atoms with E-state index < -0.39 is 0 Å². The smallest absolute Gasteiger partial charge is 0.137 e. The van der Waals surface area contributed by atoms with Gasteiger partial charge in [-0.05, 0) is 31.7 Å². The van der Waals surface area contributed by atoms with Crippen molar-refractivity contribution in [2.75, 3.05) is 20.7 Å². The van der Waals surface area contributed by atoms with Crippen LogP contribution in [-0.4, -0.2) is 25.6 Å². The monoisotopic (exact) mass is 239 g/mol. The lowest BCUT2D eigenvalue weighted by Gasteiger charge is -2.17. The van der Waals surface area contributed by atoms with E-state index >= 15 is 0 Å². The molecule has 0 fully saturated rings. The van der Waals surface area contributed by atoms with Gasteiger partial charge in [0, 0.05) is 13.1 Å². The van der Waals surface area contributed by atoms with Gasteiger partial charge in [-0.15, -0.1) is 0 Å². The summed E-state index contributed by atoms with van der Waals surface area (Å²) in [7, 11) is 3.68. The van der Waals surface area contributed by atoms with Crippen LogP contribution in [-0.2, 0) is 6.54 Å². The van der Waals surface area contributed by atoms with Crippen LogP contribution < -0.4 is 4.74 Å². The number of methoxy groups -OCH3 is 1. The topological polar surface area (TPSA) is 12.5 Å². The third kappa shape index (κ3) is 3.87. The molecule has 0 unspecified atom stereocenters. The normalized spacial score (nSPS) is 10.6. The van der Waals surface area contributed by atoms with Crippen LogP contribution in [0.5, 0.6) is 5.75 Å². The molecule has 0 amide bonds. The van der Waals surface area contributed by atoms with Gasteiger partial charge in [0.25, 0.3) is 0 Å². The largest absolute Gasteiger partial charge is 0.495 e. The summed E-state index contributed by atoms with van der Waals surface area (Å²) < 4.78 is 5.11. The number of hydrogen-bond acceptors (Lipinski definition) is 2. The maximum absolute atomic E-state index is 6.06. The Labute approximate surface area is 102 Å². The molecule has 0 saturated heterocycles. The third-order valence-electron chi connectivity index (χ3n) is 2.21. The van der Waals surface area contributed by atoms with Crippen molar-refractivity contribution in [3.05, 3.63) is 40.9 Å². The van der Waals surface area contributed by atoms with E-state index in [0.29, 0.717) is 10.8 Å². The quantitative estimate of drug-likeness (QED) is 0.731. The number of likely N-dealkylation sites (N-methyl/N-ethyl adjacent to an activating group) is 1. The summed E-state index contributed by atoms with van der Waals surface area (Å²) in [6.07, 6.45) is 0. The summed E-state index contributed by atoms with van der Waals surface area (Å²) in [5, 5.41) is 0.656. The van der Waals surface area contributed by atoms with Gasteiger partial charge < -0.3 is 4.74 Å². The molecule has 2 nitrogen and oxygen atoms in total. The average Bonchev–Trinajstić information content (AvgIpc) is 2.16. The van der Waals surface area contributed by atoms with Crippen LogP contribution in [0.2, 0.25) is 5.02 Å². The standard InChI is InChI=1S/C13H18ClNO/c1-10(2)8-15(3)9-11-5-6-13(16-4)12(14)7-11/h5-7H,1,8-9H2,2-4H3. The van der Waals surface area contributed by atoms with Gasteiger partial charge in [0.1, 0.15) is 5.75 Å². The molecule has 88 valence electrons. The molecule has 16 heavy (non-hydrogen) atoms. The minimum absolute atomic E-state index is 0.656. The summed E-state index contributed by atoms with van der Waals surface area (Å²) in [6, 6.07) is 5.86. The Hall–Kier alpha value is -0.990. The van der Waals surface area contributed by atoms with Crippen molar-refractivity contribution in [2.24, 2.45) is 0 Å². The number of benzene rings is 1. The van der Waals surface area contributed by atoms with Gasteiger partial charge in [-0.25, -0.2) is 0 Å². The van der Waals surface area contributed by atoms with E-state index in [9.17, 15) is 0 Å². The first kappa shape index (κ1) is 13.1. The van der Waals surface area contributed by atoms with Crippen LogP contribution >= 0.6 is 11.6 Å².